The van der Waals surface area contributed by atoms with Crippen LogP contribution in [0.25, 0.3) is 98.4 Å². The number of aryl methyl sites for hydroxylation is 2. The Hall–Kier alpha value is -10.2. The van der Waals surface area contributed by atoms with E-state index in [2.05, 4.69) is 266 Å². The average molecular weight is 1010 g/mol. The molecule has 13 aromatic carbocycles. The molecule has 0 bridgehead atoms. The molecule has 0 saturated heterocycles. The molecule has 0 fully saturated rings. The molecule has 0 unspecified atom stereocenters. The van der Waals surface area contributed by atoms with Gasteiger partial charge in [-0.3, -0.25) is 0 Å². The largest absolute Gasteiger partial charge is 0.454 e. The number of hydrogen-bond acceptors (Lipinski definition) is 4. The first kappa shape index (κ1) is 44.0. The Labute approximate surface area is 456 Å². The molecule has 0 aliphatic heterocycles. The third-order valence-corrected chi connectivity index (χ3v) is 17.3. The summed E-state index contributed by atoms with van der Waals surface area (Å²) in [5, 5.41) is 11.7. The highest BCUT2D eigenvalue weighted by molar-refractivity contribution is 6.15. The van der Waals surface area contributed by atoms with Gasteiger partial charge in [-0.25, -0.2) is 0 Å². The Morgan fingerprint density at radius 1 is 0.304 bits per heavy atom. The normalized spacial score (nSPS) is 13.0. The van der Waals surface area contributed by atoms with E-state index in [-0.39, 0.29) is 0 Å². The molecule has 0 amide bonds. The van der Waals surface area contributed by atoms with Crippen molar-refractivity contribution in [1.82, 2.24) is 0 Å². The summed E-state index contributed by atoms with van der Waals surface area (Å²) in [5.41, 5.74) is 21.9. The van der Waals surface area contributed by atoms with Gasteiger partial charge in [-0.05, 0) is 175 Å². The number of anilines is 6. The number of fused-ring (bicyclic) bond motifs is 22. The molecule has 15 aromatic rings. The van der Waals surface area contributed by atoms with Crippen LogP contribution in [0, 0.1) is 13.8 Å². The molecular formula is C75H48N2O2. The monoisotopic (exact) mass is 1010 g/mol. The van der Waals surface area contributed by atoms with Gasteiger partial charge in [-0.2, -0.15) is 0 Å². The van der Waals surface area contributed by atoms with E-state index in [1.807, 2.05) is 12.1 Å². The number of furan rings is 2. The molecular weight excluding hydrogens is 961 g/mol. The molecule has 0 radical (unpaired) electrons. The van der Waals surface area contributed by atoms with E-state index in [1.165, 1.54) is 88.0 Å². The third-order valence-electron chi connectivity index (χ3n) is 17.3. The molecule has 4 nitrogen and oxygen atoms in total. The summed E-state index contributed by atoms with van der Waals surface area (Å²) in [5.74, 6) is 0. The summed E-state index contributed by atoms with van der Waals surface area (Å²) in [7, 11) is 0. The second-order valence-electron chi connectivity index (χ2n) is 21.6. The molecule has 0 atom stereocenters. The summed E-state index contributed by atoms with van der Waals surface area (Å²) >= 11 is 0. The van der Waals surface area contributed by atoms with Crippen LogP contribution in [0.5, 0.6) is 0 Å². The Kier molecular flexibility index (Phi) is 9.15. The van der Waals surface area contributed by atoms with Crippen molar-refractivity contribution >= 4 is 110 Å². The van der Waals surface area contributed by atoms with Gasteiger partial charge in [0, 0.05) is 44.3 Å². The number of nitrogens with zero attached hydrogens (tertiary/aromatic N) is 2. The highest BCUT2D eigenvalue weighted by Gasteiger charge is 2.53. The van der Waals surface area contributed by atoms with Crippen LogP contribution in [-0.2, 0) is 5.41 Å². The lowest BCUT2D eigenvalue weighted by molar-refractivity contribution is 0.668. The first-order valence-electron chi connectivity index (χ1n) is 27.3. The summed E-state index contributed by atoms with van der Waals surface area (Å²) < 4.78 is 13.5. The van der Waals surface area contributed by atoms with Crippen molar-refractivity contribution in [2.24, 2.45) is 0 Å². The number of hydrogen-bond donors (Lipinski definition) is 0. The summed E-state index contributed by atoms with van der Waals surface area (Å²) in [6.07, 6.45) is 0. The number of para-hydroxylation sites is 4. The third kappa shape index (κ3) is 6.14. The fourth-order valence-electron chi connectivity index (χ4n) is 14.1. The van der Waals surface area contributed by atoms with Gasteiger partial charge in [-0.1, -0.05) is 182 Å². The first-order chi connectivity index (χ1) is 39.0. The molecule has 17 rings (SSSR count). The van der Waals surface area contributed by atoms with E-state index in [9.17, 15) is 0 Å². The predicted molar refractivity (Wildman–Crippen MR) is 329 cm³/mol. The maximum atomic E-state index is 6.77. The van der Waals surface area contributed by atoms with Gasteiger partial charge >= 0.3 is 0 Å². The van der Waals surface area contributed by atoms with Crippen molar-refractivity contribution in [2.75, 3.05) is 9.80 Å². The Morgan fingerprint density at radius 2 is 0.772 bits per heavy atom. The zero-order valence-electron chi connectivity index (χ0n) is 43.5. The molecule has 0 saturated carbocycles. The van der Waals surface area contributed by atoms with Crippen LogP contribution in [0.3, 0.4) is 0 Å². The molecule has 0 N–H and O–H groups in total. The second-order valence-corrected chi connectivity index (χ2v) is 21.6. The lowest BCUT2D eigenvalue weighted by atomic mass is 9.68. The van der Waals surface area contributed by atoms with Crippen LogP contribution in [0.2, 0.25) is 0 Å². The molecule has 2 aliphatic carbocycles. The minimum atomic E-state index is -0.658. The number of benzene rings is 13. The van der Waals surface area contributed by atoms with Gasteiger partial charge in [0.15, 0.2) is 11.2 Å². The first-order valence-corrected chi connectivity index (χ1v) is 27.3. The van der Waals surface area contributed by atoms with Crippen LogP contribution in [0.1, 0.15) is 33.4 Å². The van der Waals surface area contributed by atoms with Crippen LogP contribution in [0.4, 0.5) is 34.1 Å². The molecule has 1 spiro atoms. The van der Waals surface area contributed by atoms with Crippen LogP contribution < -0.4 is 9.80 Å². The van der Waals surface area contributed by atoms with Gasteiger partial charge in [0.25, 0.3) is 0 Å². The smallest absolute Gasteiger partial charge is 0.159 e. The molecule has 79 heavy (non-hydrogen) atoms. The minimum absolute atomic E-state index is 0.658. The Bertz CT molecular complexity index is 4840. The van der Waals surface area contributed by atoms with Crippen LogP contribution >= 0.6 is 0 Å². The maximum Gasteiger partial charge on any atom is 0.159 e. The van der Waals surface area contributed by atoms with E-state index in [0.717, 1.165) is 78.0 Å². The van der Waals surface area contributed by atoms with Crippen molar-refractivity contribution in [2.45, 2.75) is 19.3 Å². The van der Waals surface area contributed by atoms with Gasteiger partial charge in [0.2, 0.25) is 0 Å². The fourth-order valence-corrected chi connectivity index (χ4v) is 14.1. The molecule has 2 aromatic heterocycles. The second kappa shape index (κ2) is 16.4. The topological polar surface area (TPSA) is 32.8 Å². The molecule has 370 valence electrons. The highest BCUT2D eigenvalue weighted by atomic mass is 16.3. The van der Waals surface area contributed by atoms with E-state index in [1.54, 1.807) is 0 Å². The van der Waals surface area contributed by atoms with Crippen molar-refractivity contribution in [3.05, 3.63) is 288 Å². The molecule has 2 heterocycles. The van der Waals surface area contributed by atoms with Crippen LogP contribution in [-0.4, -0.2) is 0 Å². The fraction of sp³-hybridized carbons (Fsp3) is 0.0400. The maximum absolute atomic E-state index is 6.77. The van der Waals surface area contributed by atoms with Crippen molar-refractivity contribution in [3.63, 3.8) is 0 Å². The van der Waals surface area contributed by atoms with Gasteiger partial charge < -0.3 is 18.6 Å². The minimum Gasteiger partial charge on any atom is -0.454 e. The SMILES string of the molecule is Cc1cccc(N(c2ccc3c4c(ccc3c2)-c2ccc3cc(N(c5cccc(C)c5)c5cccc6c5oc5ccccc56)ccc3c2C42c3ccccc3-c3c2ccc2ccccc32)c2cccc3c2oc2ccccc23)c1. The van der Waals surface area contributed by atoms with E-state index >= 15 is 0 Å². The van der Waals surface area contributed by atoms with Gasteiger partial charge in [0.1, 0.15) is 11.2 Å². The standard InChI is InChI=1S/C75H48N2O2/c1-45-15-11-18-50(41-45)76(66-27-13-24-61-57-21-6-9-29-68(57)78-73(61)66)52-34-38-55-48(43-52)31-36-59-60-37-32-49-44-53(77(51-19-12-16-46(2)42-51)67-28-14-25-62-58-22-7-10-30-69(58)79-74(62)67)35-39-56(49)72(60)75(71(55)59)64-26-8-5-23-63(64)70-54-20-4-3-17-47(54)33-40-65(70)75/h3-44H,1-2H3. The molecule has 4 heteroatoms. The van der Waals surface area contributed by atoms with Gasteiger partial charge in [-0.15, -0.1) is 0 Å². The van der Waals surface area contributed by atoms with Crippen molar-refractivity contribution in [1.29, 1.82) is 0 Å². The van der Waals surface area contributed by atoms with Gasteiger partial charge in [0.05, 0.1) is 16.8 Å². The quantitative estimate of drug-likeness (QED) is 0.166. The lowest BCUT2D eigenvalue weighted by Crippen LogP contribution is -2.26. The average Bonchev–Trinajstić information content (AvgIpc) is 4.03. The van der Waals surface area contributed by atoms with E-state index in [4.69, 9.17) is 8.83 Å². The molecule has 2 aliphatic rings. The Balaban J connectivity index is 0.921. The van der Waals surface area contributed by atoms with Crippen molar-refractivity contribution < 1.29 is 8.83 Å². The van der Waals surface area contributed by atoms with E-state index < -0.39 is 5.41 Å². The predicted octanol–water partition coefficient (Wildman–Crippen LogP) is 20.8. The summed E-state index contributed by atoms with van der Waals surface area (Å²) in [4.78, 5) is 4.75. The highest BCUT2D eigenvalue weighted by Crippen LogP contribution is 2.66. The number of rotatable bonds is 6. The lowest BCUT2D eigenvalue weighted by Gasteiger charge is -2.33. The summed E-state index contributed by atoms with van der Waals surface area (Å²) in [6.45, 7) is 4.33. The zero-order valence-corrected chi connectivity index (χ0v) is 43.5. The van der Waals surface area contributed by atoms with Crippen molar-refractivity contribution in [3.8, 4) is 22.3 Å². The summed E-state index contributed by atoms with van der Waals surface area (Å²) in [6, 6.07) is 94.1. The van der Waals surface area contributed by atoms with E-state index in [0.29, 0.717) is 0 Å². The Morgan fingerprint density at radius 3 is 1.34 bits per heavy atom. The van der Waals surface area contributed by atoms with Crippen LogP contribution in [0.15, 0.2) is 264 Å². The zero-order chi connectivity index (χ0) is 52.1.